The second-order valence-corrected chi connectivity index (χ2v) is 6.20. The molecule has 0 saturated heterocycles. The number of ether oxygens (including phenoxy) is 1. The van der Waals surface area contributed by atoms with E-state index in [-0.39, 0.29) is 6.04 Å². The number of nitrogens with two attached hydrogens (primary N) is 1. The molecule has 1 aliphatic rings. The molecule has 1 heterocycles. The zero-order valence-electron chi connectivity index (χ0n) is 11.4. The molecule has 2 aromatic rings. The van der Waals surface area contributed by atoms with Gasteiger partial charge >= 0.3 is 0 Å². The monoisotopic (exact) mass is 335 g/mol. The van der Waals surface area contributed by atoms with Crippen molar-refractivity contribution in [2.75, 3.05) is 0 Å². The van der Waals surface area contributed by atoms with Crippen LogP contribution in [-0.2, 0) is 6.61 Å². The fourth-order valence-corrected chi connectivity index (χ4v) is 2.66. The first-order valence-corrected chi connectivity index (χ1v) is 7.63. The lowest BCUT2D eigenvalue weighted by Gasteiger charge is -2.15. The van der Waals surface area contributed by atoms with Gasteiger partial charge in [-0.25, -0.2) is 4.98 Å². The summed E-state index contributed by atoms with van der Waals surface area (Å²) < 4.78 is 9.18. The Labute approximate surface area is 127 Å². The zero-order chi connectivity index (χ0) is 14.1. The second kappa shape index (κ2) is 5.58. The van der Waals surface area contributed by atoms with Crippen LogP contribution in [0.2, 0.25) is 0 Å². The lowest BCUT2D eigenvalue weighted by atomic mass is 10.1. The van der Waals surface area contributed by atoms with Crippen LogP contribution in [0.1, 0.15) is 43.1 Å². The Balaban J connectivity index is 1.76. The van der Waals surface area contributed by atoms with Gasteiger partial charge in [0.05, 0.1) is 18.2 Å². The molecule has 1 fully saturated rings. The third kappa shape index (κ3) is 2.88. The molecule has 2 N–H and O–H groups in total. The molecular weight excluding hydrogens is 318 g/mol. The normalized spacial score (nSPS) is 16.1. The lowest BCUT2D eigenvalue weighted by molar-refractivity contribution is 0.290. The van der Waals surface area contributed by atoms with Crippen LogP contribution in [-0.4, -0.2) is 9.55 Å². The molecule has 1 aliphatic carbocycles. The molecule has 1 aromatic carbocycles. The summed E-state index contributed by atoms with van der Waals surface area (Å²) in [6.45, 7) is 2.49. The standard InChI is InChI=1S/C15H18BrN3O/c1-10(17)14-6-11(16)2-5-15(14)20-8-13-7-18-9-19(13)12-3-4-12/h2,5-7,9-10,12H,3-4,8,17H2,1H3. The topological polar surface area (TPSA) is 53.1 Å². The number of hydrogen-bond acceptors (Lipinski definition) is 3. The smallest absolute Gasteiger partial charge is 0.130 e. The van der Waals surface area contributed by atoms with Crippen LogP contribution in [0.5, 0.6) is 5.75 Å². The van der Waals surface area contributed by atoms with Crippen molar-refractivity contribution in [3.05, 3.63) is 46.5 Å². The molecule has 0 spiro atoms. The van der Waals surface area contributed by atoms with E-state index in [4.69, 9.17) is 10.5 Å². The van der Waals surface area contributed by atoms with Crippen molar-refractivity contribution in [1.29, 1.82) is 0 Å². The molecule has 1 unspecified atom stereocenters. The number of halogens is 1. The van der Waals surface area contributed by atoms with E-state index in [1.54, 1.807) is 0 Å². The summed E-state index contributed by atoms with van der Waals surface area (Å²) >= 11 is 3.47. The summed E-state index contributed by atoms with van der Waals surface area (Å²) in [4.78, 5) is 4.22. The Morgan fingerprint density at radius 2 is 2.30 bits per heavy atom. The van der Waals surface area contributed by atoms with Crippen LogP contribution in [0.25, 0.3) is 0 Å². The predicted molar refractivity (Wildman–Crippen MR) is 81.6 cm³/mol. The van der Waals surface area contributed by atoms with Crippen LogP contribution < -0.4 is 10.5 Å². The molecule has 0 bridgehead atoms. The SMILES string of the molecule is CC(N)c1cc(Br)ccc1OCc1cncn1C1CC1. The molecule has 5 heteroatoms. The van der Waals surface area contributed by atoms with Crippen molar-refractivity contribution in [3.8, 4) is 5.75 Å². The van der Waals surface area contributed by atoms with E-state index in [0.717, 1.165) is 21.5 Å². The summed E-state index contributed by atoms with van der Waals surface area (Å²) in [6.07, 6.45) is 6.26. The largest absolute Gasteiger partial charge is 0.487 e. The molecular formula is C15H18BrN3O. The van der Waals surface area contributed by atoms with E-state index in [1.807, 2.05) is 37.6 Å². The minimum atomic E-state index is -0.0594. The van der Waals surface area contributed by atoms with Crippen molar-refractivity contribution < 1.29 is 4.74 Å². The van der Waals surface area contributed by atoms with E-state index in [1.165, 1.54) is 12.8 Å². The van der Waals surface area contributed by atoms with Gasteiger partial charge in [0.1, 0.15) is 12.4 Å². The Morgan fingerprint density at radius 3 is 3.00 bits per heavy atom. The van der Waals surface area contributed by atoms with Crippen molar-refractivity contribution in [2.45, 2.75) is 38.5 Å². The minimum absolute atomic E-state index is 0.0594. The van der Waals surface area contributed by atoms with Gasteiger partial charge in [-0.15, -0.1) is 0 Å². The summed E-state index contributed by atoms with van der Waals surface area (Å²) in [5.41, 5.74) is 8.13. The fraction of sp³-hybridized carbons (Fsp3) is 0.400. The highest BCUT2D eigenvalue weighted by atomic mass is 79.9. The molecule has 1 aromatic heterocycles. The van der Waals surface area contributed by atoms with Crippen molar-refractivity contribution in [3.63, 3.8) is 0 Å². The zero-order valence-corrected chi connectivity index (χ0v) is 13.0. The predicted octanol–water partition coefficient (Wildman–Crippen LogP) is 3.58. The van der Waals surface area contributed by atoms with Crippen LogP contribution in [0.15, 0.2) is 35.2 Å². The van der Waals surface area contributed by atoms with E-state index in [9.17, 15) is 0 Å². The summed E-state index contributed by atoms with van der Waals surface area (Å²) in [6, 6.07) is 6.50. The maximum Gasteiger partial charge on any atom is 0.130 e. The van der Waals surface area contributed by atoms with Gasteiger partial charge in [-0.1, -0.05) is 15.9 Å². The van der Waals surface area contributed by atoms with E-state index in [0.29, 0.717) is 12.6 Å². The Kier molecular flexibility index (Phi) is 3.81. The number of aromatic nitrogens is 2. The molecule has 1 saturated carbocycles. The first kappa shape index (κ1) is 13.6. The number of benzene rings is 1. The van der Waals surface area contributed by atoms with E-state index >= 15 is 0 Å². The van der Waals surface area contributed by atoms with E-state index in [2.05, 4.69) is 25.5 Å². The maximum atomic E-state index is 6.00. The summed E-state index contributed by atoms with van der Waals surface area (Å²) in [5.74, 6) is 0.840. The first-order chi connectivity index (χ1) is 9.65. The van der Waals surface area contributed by atoms with Crippen molar-refractivity contribution >= 4 is 15.9 Å². The van der Waals surface area contributed by atoms with Crippen LogP contribution in [0, 0.1) is 0 Å². The molecule has 0 radical (unpaired) electrons. The third-order valence-electron chi connectivity index (χ3n) is 3.52. The molecule has 0 amide bonds. The Morgan fingerprint density at radius 1 is 1.50 bits per heavy atom. The van der Waals surface area contributed by atoms with Gasteiger partial charge in [0.2, 0.25) is 0 Å². The van der Waals surface area contributed by atoms with E-state index < -0.39 is 0 Å². The summed E-state index contributed by atoms with van der Waals surface area (Å²) in [7, 11) is 0. The number of rotatable bonds is 5. The summed E-state index contributed by atoms with van der Waals surface area (Å²) in [5, 5.41) is 0. The molecule has 0 aliphatic heterocycles. The van der Waals surface area contributed by atoms with Crippen molar-refractivity contribution in [2.24, 2.45) is 5.73 Å². The third-order valence-corrected chi connectivity index (χ3v) is 4.02. The first-order valence-electron chi connectivity index (χ1n) is 6.83. The van der Waals surface area contributed by atoms with Gasteiger partial charge in [-0.3, -0.25) is 0 Å². The van der Waals surface area contributed by atoms with Gasteiger partial charge in [-0.05, 0) is 38.0 Å². The highest BCUT2D eigenvalue weighted by Crippen LogP contribution is 2.36. The van der Waals surface area contributed by atoms with Crippen LogP contribution >= 0.6 is 15.9 Å². The average Bonchev–Trinajstić information content (AvgIpc) is 3.16. The van der Waals surface area contributed by atoms with Crippen molar-refractivity contribution in [1.82, 2.24) is 9.55 Å². The fourth-order valence-electron chi connectivity index (χ4n) is 2.28. The van der Waals surface area contributed by atoms with Crippen LogP contribution in [0.4, 0.5) is 0 Å². The van der Waals surface area contributed by atoms with Gasteiger partial charge in [0, 0.05) is 22.1 Å². The second-order valence-electron chi connectivity index (χ2n) is 5.28. The molecule has 20 heavy (non-hydrogen) atoms. The molecule has 106 valence electrons. The van der Waals surface area contributed by atoms with Gasteiger partial charge < -0.3 is 15.0 Å². The van der Waals surface area contributed by atoms with Gasteiger partial charge in [-0.2, -0.15) is 0 Å². The highest BCUT2D eigenvalue weighted by molar-refractivity contribution is 9.10. The molecule has 4 nitrogen and oxygen atoms in total. The number of hydrogen-bond donors (Lipinski definition) is 1. The number of imidazole rings is 1. The Hall–Kier alpha value is -1.33. The molecule has 1 atom stereocenters. The van der Waals surface area contributed by atoms with Gasteiger partial charge in [0.15, 0.2) is 0 Å². The maximum absolute atomic E-state index is 6.00. The van der Waals surface area contributed by atoms with Gasteiger partial charge in [0.25, 0.3) is 0 Å². The Bertz CT molecular complexity index is 605. The quantitative estimate of drug-likeness (QED) is 0.908. The average molecular weight is 336 g/mol. The number of nitrogens with zero attached hydrogens (tertiary/aromatic N) is 2. The lowest BCUT2D eigenvalue weighted by Crippen LogP contribution is -2.09. The molecule has 3 rings (SSSR count). The van der Waals surface area contributed by atoms with Crippen LogP contribution in [0.3, 0.4) is 0 Å². The minimum Gasteiger partial charge on any atom is -0.487 e. The highest BCUT2D eigenvalue weighted by Gasteiger charge is 2.25.